The Morgan fingerprint density at radius 1 is 0.947 bits per heavy atom. The Morgan fingerprint density at radius 3 is 2.00 bits per heavy atom. The van der Waals surface area contributed by atoms with Crippen molar-refractivity contribution in [2.24, 2.45) is 17.8 Å². The molecule has 2 heteroatoms. The number of nitrogens with one attached hydrogen (secondary N) is 1. The average Bonchev–Trinajstić information content (AvgIpc) is 2.37. The second-order valence-corrected chi connectivity index (χ2v) is 7.43. The van der Waals surface area contributed by atoms with Gasteiger partial charge in [0.1, 0.15) is 4.99 Å². The zero-order valence-electron chi connectivity index (χ0n) is 11.3. The molecule has 19 heavy (non-hydrogen) atoms. The van der Waals surface area contributed by atoms with Crippen molar-refractivity contribution in [2.45, 2.75) is 44.1 Å². The van der Waals surface area contributed by atoms with E-state index >= 15 is 0 Å². The van der Waals surface area contributed by atoms with Gasteiger partial charge in [-0.1, -0.05) is 42.5 Å². The van der Waals surface area contributed by atoms with Gasteiger partial charge in [0.05, 0.1) is 0 Å². The predicted molar refractivity (Wildman–Crippen MR) is 82.2 cm³/mol. The second kappa shape index (κ2) is 4.31. The summed E-state index contributed by atoms with van der Waals surface area (Å²) in [4.78, 5) is 0.961. The van der Waals surface area contributed by atoms with Gasteiger partial charge in [0, 0.05) is 11.1 Å². The first-order valence-corrected chi connectivity index (χ1v) is 8.01. The quantitative estimate of drug-likeness (QED) is 0.818. The van der Waals surface area contributed by atoms with E-state index in [4.69, 9.17) is 12.2 Å². The second-order valence-electron chi connectivity index (χ2n) is 7.02. The molecule has 0 radical (unpaired) electrons. The summed E-state index contributed by atoms with van der Waals surface area (Å²) in [5, 5.41) is 3.77. The van der Waals surface area contributed by atoms with Crippen molar-refractivity contribution in [3.8, 4) is 0 Å². The molecule has 4 saturated carbocycles. The highest BCUT2D eigenvalue weighted by atomic mass is 32.1. The van der Waals surface area contributed by atoms with E-state index in [1.165, 1.54) is 44.1 Å². The fourth-order valence-electron chi connectivity index (χ4n) is 5.17. The van der Waals surface area contributed by atoms with Gasteiger partial charge < -0.3 is 5.32 Å². The number of hydrogen-bond acceptors (Lipinski definition) is 1. The van der Waals surface area contributed by atoms with Crippen LogP contribution in [0.15, 0.2) is 30.3 Å². The maximum atomic E-state index is 5.64. The van der Waals surface area contributed by atoms with Crippen LogP contribution in [0.25, 0.3) is 0 Å². The van der Waals surface area contributed by atoms with E-state index in [9.17, 15) is 0 Å². The van der Waals surface area contributed by atoms with Crippen molar-refractivity contribution in [1.82, 2.24) is 5.32 Å². The van der Waals surface area contributed by atoms with Crippen molar-refractivity contribution < 1.29 is 0 Å². The molecule has 1 aromatic rings. The molecule has 4 aliphatic rings. The number of rotatable bonds is 2. The molecule has 4 bridgehead atoms. The Kier molecular flexibility index (Phi) is 2.70. The van der Waals surface area contributed by atoms with Gasteiger partial charge in [-0.3, -0.25) is 0 Å². The minimum atomic E-state index is 0.335. The Hall–Kier alpha value is -0.890. The summed E-state index contributed by atoms with van der Waals surface area (Å²) >= 11 is 5.64. The lowest BCUT2D eigenvalue weighted by atomic mass is 9.53. The van der Waals surface area contributed by atoms with Gasteiger partial charge >= 0.3 is 0 Å². The number of hydrogen-bond donors (Lipinski definition) is 1. The van der Waals surface area contributed by atoms with Crippen LogP contribution in [-0.2, 0) is 0 Å². The van der Waals surface area contributed by atoms with Crippen molar-refractivity contribution >= 4 is 17.2 Å². The molecule has 4 aliphatic carbocycles. The predicted octanol–water partition coefficient (Wildman–Crippen LogP) is 3.92. The molecule has 0 atom stereocenters. The fraction of sp³-hybridized carbons (Fsp3) is 0.588. The monoisotopic (exact) mass is 271 g/mol. The van der Waals surface area contributed by atoms with Gasteiger partial charge in [-0.2, -0.15) is 0 Å². The zero-order chi connectivity index (χ0) is 12.9. The summed E-state index contributed by atoms with van der Waals surface area (Å²) in [6.45, 7) is 0. The Bertz CT molecular complexity index is 458. The van der Waals surface area contributed by atoms with Gasteiger partial charge in [-0.05, 0) is 56.3 Å². The summed E-state index contributed by atoms with van der Waals surface area (Å²) < 4.78 is 0. The maximum Gasteiger partial charge on any atom is 0.107 e. The van der Waals surface area contributed by atoms with Crippen LogP contribution in [0.2, 0.25) is 0 Å². The van der Waals surface area contributed by atoms with E-state index in [-0.39, 0.29) is 0 Å². The first kappa shape index (κ1) is 11.9. The highest BCUT2D eigenvalue weighted by Gasteiger charge is 2.51. The van der Waals surface area contributed by atoms with E-state index in [1.807, 2.05) is 0 Å². The van der Waals surface area contributed by atoms with Crippen molar-refractivity contribution in [3.05, 3.63) is 35.9 Å². The lowest BCUT2D eigenvalue weighted by Gasteiger charge is -2.57. The molecular formula is C17H21NS. The largest absolute Gasteiger partial charge is 0.370 e. The molecule has 0 unspecified atom stereocenters. The number of thiocarbonyl (C=S) groups is 1. The summed E-state index contributed by atoms with van der Waals surface area (Å²) in [5.74, 6) is 2.91. The van der Waals surface area contributed by atoms with Crippen LogP contribution in [0.5, 0.6) is 0 Å². The molecule has 100 valence electrons. The topological polar surface area (TPSA) is 12.0 Å². The van der Waals surface area contributed by atoms with Gasteiger partial charge in [0.25, 0.3) is 0 Å². The third-order valence-corrected chi connectivity index (χ3v) is 5.79. The smallest absolute Gasteiger partial charge is 0.107 e. The average molecular weight is 271 g/mol. The highest BCUT2D eigenvalue weighted by molar-refractivity contribution is 7.80. The molecule has 1 nitrogen and oxygen atoms in total. The van der Waals surface area contributed by atoms with Crippen LogP contribution < -0.4 is 5.32 Å². The molecule has 0 aromatic heterocycles. The van der Waals surface area contributed by atoms with Crippen LogP contribution in [0.1, 0.15) is 44.1 Å². The van der Waals surface area contributed by atoms with Crippen molar-refractivity contribution in [1.29, 1.82) is 0 Å². The van der Waals surface area contributed by atoms with E-state index in [2.05, 4.69) is 35.6 Å². The molecule has 4 fully saturated rings. The van der Waals surface area contributed by atoms with Crippen molar-refractivity contribution in [2.75, 3.05) is 0 Å². The molecule has 0 aliphatic heterocycles. The lowest BCUT2D eigenvalue weighted by molar-refractivity contribution is -0.00965. The summed E-state index contributed by atoms with van der Waals surface area (Å²) in [6.07, 6.45) is 8.51. The SMILES string of the molecule is S=C(NC12CC3CC(CC(C3)C1)C2)c1ccccc1. The van der Waals surface area contributed by atoms with Crippen molar-refractivity contribution in [3.63, 3.8) is 0 Å². The van der Waals surface area contributed by atoms with Crippen LogP contribution in [-0.4, -0.2) is 10.5 Å². The highest BCUT2D eigenvalue weighted by Crippen LogP contribution is 2.55. The molecule has 5 rings (SSSR count). The third-order valence-electron chi connectivity index (χ3n) is 5.45. The van der Waals surface area contributed by atoms with Gasteiger partial charge in [-0.25, -0.2) is 0 Å². The molecular weight excluding hydrogens is 250 g/mol. The minimum absolute atomic E-state index is 0.335. The Labute approximate surface area is 120 Å². The number of benzene rings is 1. The molecule has 0 amide bonds. The summed E-state index contributed by atoms with van der Waals surface area (Å²) in [6, 6.07) is 10.4. The Balaban J connectivity index is 1.55. The molecule has 0 saturated heterocycles. The lowest BCUT2D eigenvalue weighted by Crippen LogP contribution is -2.59. The minimum Gasteiger partial charge on any atom is -0.370 e. The first-order valence-electron chi connectivity index (χ1n) is 7.60. The van der Waals surface area contributed by atoms with Gasteiger partial charge in [-0.15, -0.1) is 0 Å². The zero-order valence-corrected chi connectivity index (χ0v) is 12.1. The van der Waals surface area contributed by atoms with Gasteiger partial charge in [0.2, 0.25) is 0 Å². The first-order chi connectivity index (χ1) is 9.22. The molecule has 1 aromatic carbocycles. The molecule has 0 spiro atoms. The normalized spacial score (nSPS) is 39.3. The van der Waals surface area contributed by atoms with Crippen LogP contribution in [0.3, 0.4) is 0 Å². The standard InChI is InChI=1S/C17H21NS/c19-16(15-4-2-1-3-5-15)18-17-9-12-6-13(10-17)8-14(7-12)11-17/h1-5,12-14H,6-11H2,(H,18,19). The summed E-state index contributed by atoms with van der Waals surface area (Å²) in [5.41, 5.74) is 1.51. The van der Waals surface area contributed by atoms with Crippen LogP contribution in [0.4, 0.5) is 0 Å². The van der Waals surface area contributed by atoms with Crippen LogP contribution >= 0.6 is 12.2 Å². The summed E-state index contributed by atoms with van der Waals surface area (Å²) in [7, 11) is 0. The van der Waals surface area contributed by atoms with Crippen LogP contribution in [0, 0.1) is 17.8 Å². The van der Waals surface area contributed by atoms with Gasteiger partial charge in [0.15, 0.2) is 0 Å². The molecule has 1 N–H and O–H groups in total. The van der Waals surface area contributed by atoms with E-state index in [1.54, 1.807) is 0 Å². The molecule has 0 heterocycles. The Morgan fingerprint density at radius 2 is 1.47 bits per heavy atom. The fourth-order valence-corrected chi connectivity index (χ4v) is 5.52. The third kappa shape index (κ3) is 2.10. The van der Waals surface area contributed by atoms with E-state index < -0.39 is 0 Å². The van der Waals surface area contributed by atoms with E-state index in [0.29, 0.717) is 5.54 Å². The van der Waals surface area contributed by atoms with E-state index in [0.717, 1.165) is 22.7 Å². The maximum absolute atomic E-state index is 5.64.